The fraction of sp³-hybridized carbons (Fsp3) is 0.500. The Labute approximate surface area is 279 Å². The van der Waals surface area contributed by atoms with Crippen LogP contribution in [0.1, 0.15) is 11.1 Å². The van der Waals surface area contributed by atoms with E-state index in [0.29, 0.717) is 63.7 Å². The number of fused-ring (bicyclic) bond motifs is 1. The number of rotatable bonds is 8. The lowest BCUT2D eigenvalue weighted by Gasteiger charge is -2.35. The number of benzene rings is 2. The van der Waals surface area contributed by atoms with Crippen molar-refractivity contribution >= 4 is 35.5 Å². The van der Waals surface area contributed by atoms with Crippen LogP contribution in [0.4, 0.5) is 21.0 Å². The fourth-order valence-electron chi connectivity index (χ4n) is 6.38. The molecule has 4 aliphatic rings. The highest BCUT2D eigenvalue weighted by atomic mass is 16.7. The minimum Gasteiger partial charge on any atom is -0.441 e. The van der Waals surface area contributed by atoms with Crippen LogP contribution in [0.25, 0.3) is 0 Å². The van der Waals surface area contributed by atoms with Gasteiger partial charge in [0.2, 0.25) is 0 Å². The van der Waals surface area contributed by atoms with E-state index in [0.717, 1.165) is 24.2 Å². The molecule has 258 valence electrons. The molecule has 4 saturated heterocycles. The predicted octanol–water partition coefficient (Wildman–Crippen LogP) is 0.240. The summed E-state index contributed by atoms with van der Waals surface area (Å²) in [5.74, 6) is 0.0488. The maximum atomic E-state index is 13.0. The lowest BCUT2D eigenvalue weighted by Crippen LogP contribution is -2.50. The second-order valence-corrected chi connectivity index (χ2v) is 12.4. The van der Waals surface area contributed by atoms with E-state index in [-0.39, 0.29) is 25.1 Å². The highest BCUT2D eigenvalue weighted by molar-refractivity contribution is 5.79. The van der Waals surface area contributed by atoms with Gasteiger partial charge in [0.1, 0.15) is 12.2 Å². The van der Waals surface area contributed by atoms with Crippen LogP contribution in [-0.2, 0) is 32.0 Å². The van der Waals surface area contributed by atoms with Crippen LogP contribution < -0.4 is 22.9 Å². The molecule has 48 heavy (non-hydrogen) atoms. The first-order valence-electron chi connectivity index (χ1n) is 16.2. The third-order valence-electron chi connectivity index (χ3n) is 8.93. The molecular weight excluding hydrogens is 620 g/mol. The Hall–Kier alpha value is -4.64. The smallest absolute Gasteiger partial charge is 0.410 e. The molecule has 4 fully saturated rings. The van der Waals surface area contributed by atoms with Crippen molar-refractivity contribution < 1.29 is 28.5 Å². The molecule has 4 heterocycles. The molecule has 0 unspecified atom stereocenters. The van der Waals surface area contributed by atoms with Gasteiger partial charge in [-0.15, -0.1) is 0 Å². The Morgan fingerprint density at radius 3 is 1.29 bits per heavy atom. The number of carbonyl (C=O) groups excluding carboxylic acids is 2. The van der Waals surface area contributed by atoms with Crippen LogP contribution in [0.15, 0.2) is 58.5 Å². The number of nitrogens with zero attached hydrogens (tertiary/aromatic N) is 6. The normalized spacial score (nSPS) is 24.5. The molecule has 2 aromatic carbocycles. The second kappa shape index (κ2) is 15.1. The van der Waals surface area contributed by atoms with Gasteiger partial charge < -0.3 is 51.7 Å². The molecule has 0 saturated carbocycles. The van der Waals surface area contributed by atoms with Crippen molar-refractivity contribution in [2.45, 2.75) is 37.5 Å². The van der Waals surface area contributed by atoms with E-state index in [2.05, 4.69) is 19.8 Å². The molecule has 16 heteroatoms. The summed E-state index contributed by atoms with van der Waals surface area (Å²) >= 11 is 0. The van der Waals surface area contributed by atoms with Gasteiger partial charge in [-0.3, -0.25) is 9.80 Å². The number of ether oxygens (including phenoxy) is 4. The lowest BCUT2D eigenvalue weighted by atomic mass is 10.1. The second-order valence-electron chi connectivity index (χ2n) is 12.4. The van der Waals surface area contributed by atoms with Gasteiger partial charge in [0.25, 0.3) is 0 Å². The number of nitrogens with two attached hydrogens (primary N) is 4. The topological polar surface area (TPSA) is 213 Å². The molecule has 0 bridgehead atoms. The summed E-state index contributed by atoms with van der Waals surface area (Å²) in [7, 11) is 0. The number of guanidine groups is 2. The van der Waals surface area contributed by atoms with Gasteiger partial charge in [0, 0.05) is 65.4 Å². The monoisotopic (exact) mass is 664 g/mol. The highest BCUT2D eigenvalue weighted by Crippen LogP contribution is 2.31. The van der Waals surface area contributed by atoms with Crippen molar-refractivity contribution in [3.8, 4) is 0 Å². The van der Waals surface area contributed by atoms with Crippen molar-refractivity contribution in [3.05, 3.63) is 59.7 Å². The van der Waals surface area contributed by atoms with E-state index in [1.54, 1.807) is 9.80 Å². The number of aliphatic imine (C=N–C) groups is 2. The zero-order valence-corrected chi connectivity index (χ0v) is 26.9. The number of piperazine rings is 2. The van der Waals surface area contributed by atoms with Gasteiger partial charge in [-0.05, 0) is 35.4 Å². The minimum atomic E-state index is -0.565. The van der Waals surface area contributed by atoms with E-state index in [1.807, 2.05) is 48.5 Å². The molecule has 0 radical (unpaired) electrons. The van der Waals surface area contributed by atoms with Gasteiger partial charge in [-0.1, -0.05) is 24.3 Å². The number of hydrogen-bond acceptors (Lipinski definition) is 10. The summed E-state index contributed by atoms with van der Waals surface area (Å²) in [6.45, 7) is 6.95. The molecule has 6 rings (SSSR count). The van der Waals surface area contributed by atoms with Crippen LogP contribution in [-0.4, -0.2) is 134 Å². The Kier molecular flexibility index (Phi) is 10.4. The number of carbonyl (C=O) groups is 2. The SMILES string of the molecule is NC(N)=Nc1ccc(CN2CCN(C(=O)O[C@@H]3CO[C@H]4[C@@H]3OC[C@H]4OC(=O)N3CCN(Cc4ccc(N=C(N)N)cc4)CC3)CC2)cc1. The van der Waals surface area contributed by atoms with Crippen molar-refractivity contribution in [2.75, 3.05) is 65.6 Å². The lowest BCUT2D eigenvalue weighted by molar-refractivity contribution is -0.0287. The summed E-state index contributed by atoms with van der Waals surface area (Å²) in [6.07, 6.45) is -2.88. The largest absolute Gasteiger partial charge is 0.441 e. The molecule has 0 spiro atoms. The average Bonchev–Trinajstić information content (AvgIpc) is 3.66. The molecule has 8 N–H and O–H groups in total. The van der Waals surface area contributed by atoms with E-state index in [9.17, 15) is 9.59 Å². The Balaban J connectivity index is 0.897. The summed E-state index contributed by atoms with van der Waals surface area (Å²) in [4.78, 5) is 42.1. The van der Waals surface area contributed by atoms with Crippen LogP contribution in [0.3, 0.4) is 0 Å². The number of hydrogen-bond donors (Lipinski definition) is 4. The molecule has 4 aliphatic heterocycles. The van der Waals surface area contributed by atoms with Crippen LogP contribution >= 0.6 is 0 Å². The highest BCUT2D eigenvalue weighted by Gasteiger charge is 2.51. The van der Waals surface area contributed by atoms with Gasteiger partial charge in [-0.25, -0.2) is 19.6 Å². The van der Waals surface area contributed by atoms with Gasteiger partial charge >= 0.3 is 12.2 Å². The molecule has 16 nitrogen and oxygen atoms in total. The fourth-order valence-corrected chi connectivity index (χ4v) is 6.38. The third-order valence-corrected chi connectivity index (χ3v) is 8.93. The Morgan fingerprint density at radius 1 is 0.604 bits per heavy atom. The van der Waals surface area contributed by atoms with Crippen molar-refractivity contribution in [2.24, 2.45) is 32.9 Å². The van der Waals surface area contributed by atoms with Crippen molar-refractivity contribution in [3.63, 3.8) is 0 Å². The molecular formula is C32H44N10O6. The standard InChI is InChI=1S/C32H44N10O6/c33-29(34)37-23-5-1-21(2-6-23)17-39-9-13-41(14-10-39)31(43)47-25-19-45-28-26(20-46-27(25)28)48-32(44)42-15-11-40(12-16-42)18-22-3-7-24(8-4-22)38-30(35)36/h1-8,25-28H,9-20H2,(H4,33,34,37)(H4,35,36,38)/t25-,26-,27-,28-/m1/s1. The summed E-state index contributed by atoms with van der Waals surface area (Å²) in [5.41, 5.74) is 25.4. The minimum absolute atomic E-state index is 0.0244. The third kappa shape index (κ3) is 8.44. The number of amides is 2. The first kappa shape index (κ1) is 33.3. The molecule has 4 atom stereocenters. The Bertz CT molecular complexity index is 1350. The quantitative estimate of drug-likeness (QED) is 0.221. The Morgan fingerprint density at radius 2 is 0.958 bits per heavy atom. The maximum Gasteiger partial charge on any atom is 0.410 e. The van der Waals surface area contributed by atoms with Crippen LogP contribution in [0, 0.1) is 0 Å². The summed E-state index contributed by atoms with van der Waals surface area (Å²) < 4.78 is 23.5. The first-order valence-corrected chi connectivity index (χ1v) is 16.2. The molecule has 2 amide bonds. The average molecular weight is 665 g/mol. The van der Waals surface area contributed by atoms with Crippen LogP contribution in [0.2, 0.25) is 0 Å². The summed E-state index contributed by atoms with van der Waals surface area (Å²) in [5, 5.41) is 0. The zero-order valence-electron chi connectivity index (χ0n) is 26.9. The van der Waals surface area contributed by atoms with Crippen molar-refractivity contribution in [1.82, 2.24) is 19.6 Å². The van der Waals surface area contributed by atoms with E-state index >= 15 is 0 Å². The van der Waals surface area contributed by atoms with Gasteiger partial charge in [0.15, 0.2) is 24.1 Å². The van der Waals surface area contributed by atoms with E-state index in [4.69, 9.17) is 41.9 Å². The van der Waals surface area contributed by atoms with E-state index in [1.165, 1.54) is 0 Å². The zero-order chi connectivity index (χ0) is 33.6. The molecule has 0 aliphatic carbocycles. The van der Waals surface area contributed by atoms with Gasteiger partial charge in [-0.2, -0.15) is 0 Å². The van der Waals surface area contributed by atoms with E-state index < -0.39 is 36.6 Å². The maximum absolute atomic E-state index is 13.0. The van der Waals surface area contributed by atoms with Crippen LogP contribution in [0.5, 0.6) is 0 Å². The predicted molar refractivity (Wildman–Crippen MR) is 178 cm³/mol. The summed E-state index contributed by atoms with van der Waals surface area (Å²) in [6, 6.07) is 15.5. The first-order chi connectivity index (χ1) is 23.2. The molecule has 0 aromatic heterocycles. The molecule has 2 aromatic rings. The van der Waals surface area contributed by atoms with Crippen molar-refractivity contribution in [1.29, 1.82) is 0 Å². The van der Waals surface area contributed by atoms with Gasteiger partial charge in [0.05, 0.1) is 24.6 Å².